The van der Waals surface area contributed by atoms with E-state index in [1.807, 2.05) is 44.3 Å². The fraction of sp³-hybridized carbons (Fsp3) is 0.340. The number of anilines is 2. The van der Waals surface area contributed by atoms with E-state index in [4.69, 9.17) is 31.0 Å². The molecule has 3 aliphatic heterocycles. The average Bonchev–Trinajstić information content (AvgIpc) is 3.91. The van der Waals surface area contributed by atoms with Gasteiger partial charge in [-0.3, -0.25) is 9.69 Å². The molecule has 3 atom stereocenters. The molecule has 5 heterocycles. The summed E-state index contributed by atoms with van der Waals surface area (Å²) in [6.07, 6.45) is 2.14. The molecule has 2 saturated heterocycles. The summed E-state index contributed by atoms with van der Waals surface area (Å²) < 4.78 is 13.6. The van der Waals surface area contributed by atoms with Crippen molar-refractivity contribution in [1.82, 2.24) is 39.8 Å². The lowest BCUT2D eigenvalue weighted by Gasteiger charge is -2.42. The van der Waals surface area contributed by atoms with Gasteiger partial charge in [-0.2, -0.15) is 20.3 Å². The van der Waals surface area contributed by atoms with E-state index in [9.17, 15) is 29.9 Å². The van der Waals surface area contributed by atoms with Gasteiger partial charge in [-0.25, -0.2) is 19.3 Å². The van der Waals surface area contributed by atoms with Gasteiger partial charge < -0.3 is 39.7 Å². The molecule has 0 spiro atoms. The second-order valence-corrected chi connectivity index (χ2v) is 17.9. The molecule has 19 heteroatoms. The molecule has 2 fully saturated rings. The van der Waals surface area contributed by atoms with E-state index >= 15 is 0 Å². The topological polar surface area (TPSA) is 218 Å². The maximum absolute atomic E-state index is 13.1. The molecule has 0 aliphatic carbocycles. The van der Waals surface area contributed by atoms with Crippen LogP contribution >= 0.6 is 11.6 Å². The van der Waals surface area contributed by atoms with E-state index in [0.29, 0.717) is 74.8 Å². The van der Waals surface area contributed by atoms with Crippen molar-refractivity contribution in [3.63, 3.8) is 0 Å². The lowest BCUT2D eigenvalue weighted by molar-refractivity contribution is -0.128. The van der Waals surface area contributed by atoms with Crippen molar-refractivity contribution in [3.8, 4) is 40.7 Å². The summed E-state index contributed by atoms with van der Waals surface area (Å²) in [7, 11) is 1.95. The number of hydrogen-bond donors (Lipinski definition) is 4. The molecule has 3 aliphatic rings. The van der Waals surface area contributed by atoms with Crippen LogP contribution in [0.3, 0.4) is 0 Å². The van der Waals surface area contributed by atoms with Crippen LogP contribution < -0.4 is 25.5 Å². The van der Waals surface area contributed by atoms with E-state index in [1.54, 1.807) is 35.2 Å². The number of likely N-dealkylation sites (N-methyl/N-ethyl adjacent to an activating group) is 1. The van der Waals surface area contributed by atoms with Gasteiger partial charge in [-0.15, -0.1) is 0 Å². The number of nitrogens with zero attached hydrogens (tertiary/aromatic N) is 9. The third-order valence-corrected chi connectivity index (χ3v) is 13.5. The van der Waals surface area contributed by atoms with Gasteiger partial charge in [0.1, 0.15) is 30.0 Å². The highest BCUT2D eigenvalue weighted by Gasteiger charge is 2.36. The lowest BCUT2D eigenvalue weighted by Crippen LogP contribution is -2.55. The van der Waals surface area contributed by atoms with Crippen LogP contribution in [0.2, 0.25) is 5.02 Å². The van der Waals surface area contributed by atoms with Gasteiger partial charge in [0.05, 0.1) is 47.0 Å². The Morgan fingerprint density at radius 2 is 1.81 bits per heavy atom. The van der Waals surface area contributed by atoms with E-state index in [0.717, 1.165) is 39.1 Å². The minimum Gasteiger partial charge on any atom is -0.508 e. The van der Waals surface area contributed by atoms with Gasteiger partial charge in [0.15, 0.2) is 5.82 Å². The predicted octanol–water partition coefficient (Wildman–Crippen LogP) is 5.86. The zero-order valence-corrected chi connectivity index (χ0v) is 39.0. The van der Waals surface area contributed by atoms with Gasteiger partial charge in [0.2, 0.25) is 5.91 Å². The molecule has 69 heavy (non-hydrogen) atoms. The zero-order valence-electron chi connectivity index (χ0n) is 38.3. The second kappa shape index (κ2) is 19.9. The number of benzene rings is 4. The van der Waals surface area contributed by atoms with Crippen molar-refractivity contribution in [2.45, 2.75) is 63.9 Å². The van der Waals surface area contributed by atoms with Gasteiger partial charge in [0, 0.05) is 74.4 Å². The van der Waals surface area contributed by atoms with Crippen LogP contribution in [0, 0.1) is 11.3 Å². The minimum atomic E-state index is -0.578. The zero-order chi connectivity index (χ0) is 48.3. The molecule has 0 saturated carbocycles. The molecule has 6 aromatic rings. The number of alkyl carbamates (subject to hydrolysis) is 1. The number of phenols is 2. The van der Waals surface area contributed by atoms with Gasteiger partial charge in [-0.1, -0.05) is 61.5 Å². The Labute approximate surface area is 403 Å². The third-order valence-electron chi connectivity index (χ3n) is 13.2. The number of carbonyl (C=O) groups is 2. The fourth-order valence-electron chi connectivity index (χ4n) is 9.61. The smallest absolute Gasteiger partial charge is 0.407 e. The first-order chi connectivity index (χ1) is 33.4. The highest BCUT2D eigenvalue weighted by molar-refractivity contribution is 6.36. The Balaban J connectivity index is 0.858. The Morgan fingerprint density at radius 1 is 1.01 bits per heavy atom. The summed E-state index contributed by atoms with van der Waals surface area (Å²) in [5.74, 6) is 0.439. The molecule has 356 valence electrons. The number of carbonyl (C=O) groups excluding carboxylic acids is 2. The average molecular weight is 954 g/mol. The van der Waals surface area contributed by atoms with Gasteiger partial charge in [0.25, 0.3) is 0 Å². The van der Waals surface area contributed by atoms with Crippen LogP contribution in [0.25, 0.3) is 27.8 Å². The Morgan fingerprint density at radius 3 is 2.58 bits per heavy atom. The number of H-pyrrole nitrogens is 1. The SMILES string of the molecule is C=CC(=O)N1CCN(c2nc(OC[C@@H]3C[C@@H](OC(=O)NCc4ccc(-n5c(-c6cc(CC)c(O)cc6O)n[nH]c5=O)cc4)CN3C)nc3c2CCN(c2cccc4cccc(Cl)c24)C3)C[C@@H]1CC#N. The fourth-order valence-corrected chi connectivity index (χ4v) is 9.89. The molecular formula is C50H52ClN11O7. The molecular weight excluding hydrogens is 902 g/mol. The molecule has 2 aromatic heterocycles. The number of ether oxygens (including phenoxy) is 2. The Bertz CT molecular complexity index is 3020. The maximum atomic E-state index is 13.1. The monoisotopic (exact) mass is 953 g/mol. The van der Waals surface area contributed by atoms with Crippen LogP contribution in [-0.2, 0) is 35.5 Å². The number of aromatic hydroxyl groups is 2. The van der Waals surface area contributed by atoms with Crippen LogP contribution in [0.4, 0.5) is 16.3 Å². The molecule has 18 nitrogen and oxygen atoms in total. The molecule has 2 amide bonds. The number of amides is 2. The number of aryl methyl sites for hydroxylation is 1. The minimum absolute atomic E-state index is 0.0457. The predicted molar refractivity (Wildman–Crippen MR) is 260 cm³/mol. The number of fused-ring (bicyclic) bond motifs is 2. The third kappa shape index (κ3) is 9.60. The summed E-state index contributed by atoms with van der Waals surface area (Å²) in [6.45, 7) is 8.93. The van der Waals surface area contributed by atoms with Crippen LogP contribution in [0.1, 0.15) is 42.1 Å². The van der Waals surface area contributed by atoms with Crippen molar-refractivity contribution in [1.29, 1.82) is 5.26 Å². The van der Waals surface area contributed by atoms with E-state index in [1.165, 1.54) is 16.7 Å². The summed E-state index contributed by atoms with van der Waals surface area (Å²) in [5, 5.41) is 42.6. The number of likely N-dealkylation sites (tertiary alicyclic amines) is 1. The number of nitrogens with one attached hydrogen (secondary N) is 2. The normalized spacial score (nSPS) is 18.2. The summed E-state index contributed by atoms with van der Waals surface area (Å²) in [4.78, 5) is 56.9. The highest BCUT2D eigenvalue weighted by atomic mass is 35.5. The number of nitriles is 1. The van der Waals surface area contributed by atoms with E-state index < -0.39 is 17.9 Å². The van der Waals surface area contributed by atoms with Crippen LogP contribution in [0.15, 0.2) is 90.2 Å². The van der Waals surface area contributed by atoms with Crippen molar-refractivity contribution >= 4 is 45.9 Å². The number of aromatic nitrogens is 5. The lowest BCUT2D eigenvalue weighted by atomic mass is 10.0. The number of aromatic amines is 1. The quantitative estimate of drug-likeness (QED) is 0.0999. The maximum Gasteiger partial charge on any atom is 0.407 e. The Kier molecular flexibility index (Phi) is 13.4. The van der Waals surface area contributed by atoms with E-state index in [-0.39, 0.29) is 66.5 Å². The summed E-state index contributed by atoms with van der Waals surface area (Å²) in [5.41, 5.74) is 4.44. The number of hydrogen-bond acceptors (Lipinski definition) is 14. The standard InChI is InChI=1S/C50H52ClN11O7/c1-4-31-22-38(43(64)24-42(31)63)47-56-57-49(66)62(47)33-14-12-30(13-15-33)25-53-50(67)69-36-23-35(58(3)27-36)29-68-48-54-40-28-59(41-11-7-9-32-8-6-10-39(51)45(32)41)19-17-37(40)46(55-48)60-20-21-61(44(65)5-2)34(26-60)16-18-52/h5-15,22,24,34-36,63-64H,2,4,16-17,19-21,23,25-29H2,1,3H3,(H,53,67)(H,57,66)/t34-,35-,36+/m0/s1. The molecule has 0 bridgehead atoms. The van der Waals surface area contributed by atoms with Gasteiger partial charge >= 0.3 is 17.8 Å². The van der Waals surface area contributed by atoms with Crippen molar-refractivity contribution in [2.24, 2.45) is 0 Å². The summed E-state index contributed by atoms with van der Waals surface area (Å²) in [6, 6.07) is 23.8. The second-order valence-electron chi connectivity index (χ2n) is 17.5. The van der Waals surface area contributed by atoms with Crippen molar-refractivity contribution in [3.05, 3.63) is 123 Å². The number of phenolic OH excluding ortho intramolecular Hbond substituents is 2. The molecule has 0 radical (unpaired) electrons. The first kappa shape index (κ1) is 46.5. The molecule has 0 unspecified atom stereocenters. The van der Waals surface area contributed by atoms with E-state index in [2.05, 4.69) is 48.9 Å². The summed E-state index contributed by atoms with van der Waals surface area (Å²) >= 11 is 6.77. The number of halogens is 1. The molecule has 4 N–H and O–H groups in total. The Hall–Kier alpha value is -7.62. The highest BCUT2D eigenvalue weighted by Crippen LogP contribution is 2.38. The number of rotatable bonds is 13. The molecule has 4 aromatic carbocycles. The number of piperazine rings is 1. The molecule has 9 rings (SSSR count). The van der Waals surface area contributed by atoms with Gasteiger partial charge in [-0.05, 0) is 72.8 Å². The van der Waals surface area contributed by atoms with Crippen molar-refractivity contribution < 1.29 is 29.3 Å². The van der Waals surface area contributed by atoms with Crippen LogP contribution in [0.5, 0.6) is 17.5 Å². The van der Waals surface area contributed by atoms with Crippen molar-refractivity contribution in [2.75, 3.05) is 56.2 Å². The largest absolute Gasteiger partial charge is 0.508 e. The first-order valence-corrected chi connectivity index (χ1v) is 23.3. The first-order valence-electron chi connectivity index (χ1n) is 22.9. The van der Waals surface area contributed by atoms with Crippen LogP contribution in [-0.4, -0.2) is 121 Å².